The van der Waals surface area contributed by atoms with Gasteiger partial charge < -0.3 is 0 Å². The molecule has 0 aliphatic rings. The van der Waals surface area contributed by atoms with Crippen molar-refractivity contribution in [1.82, 2.24) is 0 Å². The van der Waals surface area contributed by atoms with Gasteiger partial charge in [0.2, 0.25) is 0 Å². The lowest BCUT2D eigenvalue weighted by Crippen LogP contribution is -2.26. The average Bonchev–Trinajstić information content (AvgIpc) is 1.65. The van der Waals surface area contributed by atoms with E-state index < -0.39 is 24.6 Å². The fraction of sp³-hybridized carbons (Fsp3) is 1.00. The Morgan fingerprint density at radius 1 is 1.33 bits per heavy atom. The highest BCUT2D eigenvalue weighted by Crippen LogP contribution is 2.26. The van der Waals surface area contributed by atoms with Crippen molar-refractivity contribution < 1.29 is 17.6 Å². The normalized spacial score (nSPS) is 12.7. The molecule has 9 heavy (non-hydrogen) atoms. The Bertz CT molecular complexity index is 82.6. The zero-order chi connectivity index (χ0) is 7.49. The van der Waals surface area contributed by atoms with Crippen molar-refractivity contribution in [3.05, 3.63) is 0 Å². The Hall–Kier alpha value is 0.01000. The first kappa shape index (κ1) is 9.01. The molecule has 0 bridgehead atoms. The summed E-state index contributed by atoms with van der Waals surface area (Å²) in [6.07, 6.45) is -4.57. The predicted molar refractivity (Wildman–Crippen MR) is 26.3 cm³/mol. The summed E-state index contributed by atoms with van der Waals surface area (Å²) in [5.74, 6) is -4.36. The number of hydrogen-bond acceptors (Lipinski definition) is 0. The van der Waals surface area contributed by atoms with E-state index >= 15 is 0 Å². The molecule has 0 aliphatic heterocycles. The first-order valence-electron chi connectivity index (χ1n) is 2.22. The molecule has 0 saturated carbocycles. The molecule has 0 aromatic carbocycles. The monoisotopic (exact) mass is 164 g/mol. The van der Waals surface area contributed by atoms with Crippen LogP contribution < -0.4 is 0 Å². The van der Waals surface area contributed by atoms with E-state index in [0.29, 0.717) is 0 Å². The highest BCUT2D eigenvalue weighted by atomic mass is 35.5. The molecule has 0 aromatic heterocycles. The van der Waals surface area contributed by atoms with Crippen LogP contribution in [0.2, 0.25) is 0 Å². The Balaban J connectivity index is 3.70. The van der Waals surface area contributed by atoms with E-state index in [9.17, 15) is 17.6 Å². The lowest BCUT2D eigenvalue weighted by atomic mass is 10.3. The van der Waals surface area contributed by atoms with Gasteiger partial charge in [-0.2, -0.15) is 0 Å². The van der Waals surface area contributed by atoms with Gasteiger partial charge in [0.25, 0.3) is 0 Å². The van der Waals surface area contributed by atoms with Gasteiger partial charge in [-0.25, -0.2) is 17.6 Å². The van der Waals surface area contributed by atoms with E-state index in [1.165, 1.54) is 0 Å². The van der Waals surface area contributed by atoms with Crippen LogP contribution in [0.3, 0.4) is 0 Å². The van der Waals surface area contributed by atoms with E-state index in [0.717, 1.165) is 0 Å². The Morgan fingerprint density at radius 3 is 1.89 bits per heavy atom. The topological polar surface area (TPSA) is 0 Å². The molecule has 0 fully saturated rings. The summed E-state index contributed by atoms with van der Waals surface area (Å²) in [4.78, 5) is 0. The summed E-state index contributed by atoms with van der Waals surface area (Å²) < 4.78 is 45.8. The van der Waals surface area contributed by atoms with E-state index in [2.05, 4.69) is 0 Å². The molecule has 56 valence electrons. The predicted octanol–water partition coefficient (Wildman–Crippen LogP) is 2.52. The molecule has 0 N–H and O–H groups in total. The van der Waals surface area contributed by atoms with Crippen LogP contribution in [-0.4, -0.2) is 18.2 Å². The maximum absolute atomic E-state index is 11.7. The van der Waals surface area contributed by atoms with Gasteiger partial charge in [-0.1, -0.05) is 0 Å². The molecular formula is C4H5ClF4. The smallest absolute Gasteiger partial charge is 0.204 e. The standard InChI is InChI=1S/C4H5ClF4/c5-2-1-4(8,9)3(6)7/h3H,1-2H2. The second-order valence-electron chi connectivity index (χ2n) is 1.50. The zero-order valence-corrected chi connectivity index (χ0v) is 5.14. The number of halogens is 5. The van der Waals surface area contributed by atoms with Crippen molar-refractivity contribution in [2.24, 2.45) is 0 Å². The molecule has 0 aromatic rings. The van der Waals surface area contributed by atoms with Crippen LogP contribution >= 0.6 is 11.6 Å². The number of hydrogen-bond donors (Lipinski definition) is 0. The molecule has 5 heteroatoms. The minimum absolute atomic E-state index is 0.447. The Morgan fingerprint density at radius 2 is 1.78 bits per heavy atom. The molecule has 0 amide bonds. The summed E-state index contributed by atoms with van der Waals surface area (Å²) in [5, 5.41) is 0. The third-order valence-corrected chi connectivity index (χ3v) is 0.936. The van der Waals surface area contributed by atoms with Crippen LogP contribution in [0, 0.1) is 0 Å². The Labute approximate surface area is 54.8 Å². The highest BCUT2D eigenvalue weighted by Gasteiger charge is 2.39. The average molecular weight is 165 g/mol. The lowest BCUT2D eigenvalue weighted by molar-refractivity contribution is -0.129. The van der Waals surface area contributed by atoms with Gasteiger partial charge >= 0.3 is 12.3 Å². The van der Waals surface area contributed by atoms with Crippen molar-refractivity contribution in [3.63, 3.8) is 0 Å². The van der Waals surface area contributed by atoms with Crippen LogP contribution in [0.15, 0.2) is 0 Å². The van der Waals surface area contributed by atoms with Crippen LogP contribution in [-0.2, 0) is 0 Å². The van der Waals surface area contributed by atoms with Crippen LogP contribution in [0.1, 0.15) is 6.42 Å². The molecular weight excluding hydrogens is 159 g/mol. The zero-order valence-electron chi connectivity index (χ0n) is 4.38. The van der Waals surface area contributed by atoms with Crippen molar-refractivity contribution in [2.75, 3.05) is 5.88 Å². The summed E-state index contributed by atoms with van der Waals surface area (Å²) in [6.45, 7) is 0. The summed E-state index contributed by atoms with van der Waals surface area (Å²) in [6, 6.07) is 0. The summed E-state index contributed by atoms with van der Waals surface area (Å²) in [7, 11) is 0. The maximum atomic E-state index is 11.7. The van der Waals surface area contributed by atoms with Crippen LogP contribution in [0.25, 0.3) is 0 Å². The van der Waals surface area contributed by atoms with Gasteiger partial charge in [0, 0.05) is 12.3 Å². The fourth-order valence-corrected chi connectivity index (χ4v) is 0.487. The van der Waals surface area contributed by atoms with Gasteiger partial charge in [0.1, 0.15) is 0 Å². The molecule has 0 aliphatic carbocycles. The van der Waals surface area contributed by atoms with E-state index in [1.54, 1.807) is 0 Å². The molecule has 0 unspecified atom stereocenters. The van der Waals surface area contributed by atoms with Gasteiger partial charge in [0.15, 0.2) is 0 Å². The number of rotatable bonds is 3. The van der Waals surface area contributed by atoms with Crippen molar-refractivity contribution in [2.45, 2.75) is 18.8 Å². The van der Waals surface area contributed by atoms with Crippen molar-refractivity contribution in [3.8, 4) is 0 Å². The first-order valence-corrected chi connectivity index (χ1v) is 2.76. The second kappa shape index (κ2) is 3.25. The third kappa shape index (κ3) is 2.89. The van der Waals surface area contributed by atoms with Gasteiger partial charge in [-0.3, -0.25) is 0 Å². The Kier molecular flexibility index (Phi) is 3.25. The lowest BCUT2D eigenvalue weighted by Gasteiger charge is -2.11. The third-order valence-electron chi connectivity index (χ3n) is 0.747. The molecule has 0 atom stereocenters. The molecule has 0 nitrogen and oxygen atoms in total. The van der Waals surface area contributed by atoms with Crippen molar-refractivity contribution >= 4 is 11.6 Å². The van der Waals surface area contributed by atoms with E-state index in [4.69, 9.17) is 11.6 Å². The largest absolute Gasteiger partial charge is 0.308 e. The van der Waals surface area contributed by atoms with E-state index in [-0.39, 0.29) is 0 Å². The molecule has 0 heterocycles. The quantitative estimate of drug-likeness (QED) is 0.444. The van der Waals surface area contributed by atoms with Gasteiger partial charge in [-0.05, 0) is 0 Å². The van der Waals surface area contributed by atoms with Crippen molar-refractivity contribution in [1.29, 1.82) is 0 Å². The minimum Gasteiger partial charge on any atom is -0.204 e. The second-order valence-corrected chi connectivity index (χ2v) is 1.88. The van der Waals surface area contributed by atoms with Gasteiger partial charge in [0.05, 0.1) is 0 Å². The summed E-state index contributed by atoms with van der Waals surface area (Å²) in [5.41, 5.74) is 0. The molecule has 0 radical (unpaired) electrons. The van der Waals surface area contributed by atoms with Gasteiger partial charge in [-0.15, -0.1) is 11.6 Å². The fourth-order valence-electron chi connectivity index (χ4n) is 0.235. The number of alkyl halides is 5. The maximum Gasteiger partial charge on any atom is 0.308 e. The minimum atomic E-state index is -3.91. The molecule has 0 rings (SSSR count). The van der Waals surface area contributed by atoms with Crippen LogP contribution in [0.4, 0.5) is 17.6 Å². The highest BCUT2D eigenvalue weighted by molar-refractivity contribution is 6.17. The SMILES string of the molecule is FC(F)C(F)(F)CCCl. The van der Waals surface area contributed by atoms with E-state index in [1.807, 2.05) is 0 Å². The molecule has 0 saturated heterocycles. The first-order chi connectivity index (χ1) is 4.00. The molecule has 0 spiro atoms. The van der Waals surface area contributed by atoms with Crippen LogP contribution in [0.5, 0.6) is 0 Å². The summed E-state index contributed by atoms with van der Waals surface area (Å²) >= 11 is 4.82.